The summed E-state index contributed by atoms with van der Waals surface area (Å²) in [7, 11) is 0. The minimum Gasteiger partial charge on any atom is -0.366 e. The van der Waals surface area contributed by atoms with Gasteiger partial charge in [0.2, 0.25) is 5.88 Å². The number of hydrogen-bond acceptors (Lipinski definition) is 4. The summed E-state index contributed by atoms with van der Waals surface area (Å²) in [6.45, 7) is 0. The molecule has 0 aliphatic heterocycles. The maximum absolute atomic E-state index is 5.38. The average molecular weight is 135 g/mol. The third-order valence-electron chi connectivity index (χ3n) is 1.26. The van der Waals surface area contributed by atoms with E-state index < -0.39 is 0 Å². The van der Waals surface area contributed by atoms with Crippen molar-refractivity contribution in [2.24, 2.45) is 0 Å². The fourth-order valence-corrected chi connectivity index (χ4v) is 0.802. The average Bonchev–Trinajstić information content (AvgIpc) is 2.34. The summed E-state index contributed by atoms with van der Waals surface area (Å²) in [5.74, 6) is 0.274. The monoisotopic (exact) mass is 135 g/mol. The number of anilines is 1. The Morgan fingerprint density at radius 3 is 3.20 bits per heavy atom. The van der Waals surface area contributed by atoms with E-state index in [0.29, 0.717) is 11.0 Å². The molecule has 0 saturated heterocycles. The highest BCUT2D eigenvalue weighted by Gasteiger charge is 2.02. The standard InChI is InChI=1S/C6H5N3O/c7-6-5-4(9-10-6)2-1-3-8-5/h1-3H,7H2. The number of nitrogens with zero attached hydrogens (tertiary/aromatic N) is 2. The van der Waals surface area contributed by atoms with Gasteiger partial charge in [-0.25, -0.2) is 4.98 Å². The van der Waals surface area contributed by atoms with Crippen LogP contribution in [0.1, 0.15) is 0 Å². The van der Waals surface area contributed by atoms with Gasteiger partial charge in [0, 0.05) is 6.20 Å². The number of pyridine rings is 1. The predicted octanol–water partition coefficient (Wildman–Crippen LogP) is 0.805. The van der Waals surface area contributed by atoms with Crippen molar-refractivity contribution in [3.8, 4) is 0 Å². The Morgan fingerprint density at radius 2 is 2.40 bits per heavy atom. The lowest BCUT2D eigenvalue weighted by Gasteiger charge is -1.81. The SMILES string of the molecule is Nc1onc2cccnc12. The second-order valence-electron chi connectivity index (χ2n) is 1.92. The molecule has 2 heterocycles. The van der Waals surface area contributed by atoms with Crippen molar-refractivity contribution in [1.29, 1.82) is 0 Å². The van der Waals surface area contributed by atoms with E-state index in [2.05, 4.69) is 14.7 Å². The second kappa shape index (κ2) is 1.70. The van der Waals surface area contributed by atoms with Crippen LogP contribution in [0.5, 0.6) is 0 Å². The van der Waals surface area contributed by atoms with Crippen LogP contribution < -0.4 is 5.73 Å². The van der Waals surface area contributed by atoms with E-state index >= 15 is 0 Å². The quantitative estimate of drug-likeness (QED) is 0.580. The molecule has 0 aromatic carbocycles. The van der Waals surface area contributed by atoms with Crippen LogP contribution in [0.15, 0.2) is 22.9 Å². The van der Waals surface area contributed by atoms with Gasteiger partial charge in [0.15, 0.2) is 5.52 Å². The van der Waals surface area contributed by atoms with E-state index in [9.17, 15) is 0 Å². The molecule has 50 valence electrons. The molecule has 2 N–H and O–H groups in total. The molecule has 0 saturated carbocycles. The number of hydrogen-bond donors (Lipinski definition) is 1. The molecule has 0 radical (unpaired) electrons. The molecule has 0 unspecified atom stereocenters. The van der Waals surface area contributed by atoms with E-state index in [1.165, 1.54) is 0 Å². The van der Waals surface area contributed by atoms with E-state index in [0.717, 1.165) is 0 Å². The Bertz CT molecular complexity index is 355. The van der Waals surface area contributed by atoms with E-state index in [-0.39, 0.29) is 5.88 Å². The first kappa shape index (κ1) is 5.22. The molecule has 2 rings (SSSR count). The number of rotatable bonds is 0. The van der Waals surface area contributed by atoms with Gasteiger partial charge >= 0.3 is 0 Å². The normalized spacial score (nSPS) is 10.4. The van der Waals surface area contributed by atoms with Crippen molar-refractivity contribution >= 4 is 16.9 Å². The first-order chi connectivity index (χ1) is 4.88. The molecular formula is C6H5N3O. The van der Waals surface area contributed by atoms with Crippen LogP contribution >= 0.6 is 0 Å². The van der Waals surface area contributed by atoms with Crippen LogP contribution in [0.3, 0.4) is 0 Å². The third kappa shape index (κ3) is 0.556. The molecule has 2 aromatic rings. The minimum absolute atomic E-state index is 0.274. The van der Waals surface area contributed by atoms with Crippen molar-refractivity contribution in [1.82, 2.24) is 10.1 Å². The zero-order valence-corrected chi connectivity index (χ0v) is 5.11. The number of nitrogen functional groups attached to an aromatic ring is 1. The molecule has 4 nitrogen and oxygen atoms in total. The van der Waals surface area contributed by atoms with Gasteiger partial charge in [-0.3, -0.25) is 0 Å². The highest BCUT2D eigenvalue weighted by Crippen LogP contribution is 2.15. The van der Waals surface area contributed by atoms with Gasteiger partial charge in [-0.05, 0) is 12.1 Å². The summed E-state index contributed by atoms with van der Waals surface area (Å²) in [6.07, 6.45) is 1.65. The molecule has 0 aliphatic carbocycles. The molecule has 0 spiro atoms. The van der Waals surface area contributed by atoms with Crippen molar-refractivity contribution in [3.05, 3.63) is 18.3 Å². The maximum Gasteiger partial charge on any atom is 0.248 e. The van der Waals surface area contributed by atoms with Crippen molar-refractivity contribution in [2.75, 3.05) is 5.73 Å². The Morgan fingerprint density at radius 1 is 1.50 bits per heavy atom. The van der Waals surface area contributed by atoms with Gasteiger partial charge in [-0.1, -0.05) is 5.16 Å². The lowest BCUT2D eigenvalue weighted by atomic mass is 10.4. The summed E-state index contributed by atoms with van der Waals surface area (Å²) in [5.41, 5.74) is 6.71. The molecule has 4 heteroatoms. The first-order valence-corrected chi connectivity index (χ1v) is 2.84. The van der Waals surface area contributed by atoms with E-state index in [4.69, 9.17) is 5.73 Å². The highest BCUT2D eigenvalue weighted by atomic mass is 16.5. The maximum atomic E-state index is 5.38. The summed E-state index contributed by atoms with van der Waals surface area (Å²) in [5, 5.41) is 3.66. The van der Waals surface area contributed by atoms with Gasteiger partial charge in [-0.2, -0.15) is 0 Å². The Kier molecular flexibility index (Phi) is 0.887. The van der Waals surface area contributed by atoms with Gasteiger partial charge < -0.3 is 10.3 Å². The minimum atomic E-state index is 0.274. The summed E-state index contributed by atoms with van der Waals surface area (Å²) < 4.78 is 4.68. The van der Waals surface area contributed by atoms with Gasteiger partial charge in [-0.15, -0.1) is 0 Å². The van der Waals surface area contributed by atoms with Gasteiger partial charge in [0.05, 0.1) is 0 Å². The predicted molar refractivity (Wildman–Crippen MR) is 36.2 cm³/mol. The van der Waals surface area contributed by atoms with Gasteiger partial charge in [0.1, 0.15) is 5.52 Å². The molecule has 0 fully saturated rings. The number of aromatic nitrogens is 2. The molecular weight excluding hydrogens is 130 g/mol. The van der Waals surface area contributed by atoms with Gasteiger partial charge in [0.25, 0.3) is 0 Å². The topological polar surface area (TPSA) is 64.9 Å². The zero-order valence-electron chi connectivity index (χ0n) is 5.11. The number of nitrogens with two attached hydrogens (primary N) is 1. The summed E-state index contributed by atoms with van der Waals surface area (Å²) in [4.78, 5) is 3.96. The van der Waals surface area contributed by atoms with E-state index in [1.807, 2.05) is 0 Å². The third-order valence-corrected chi connectivity index (χ3v) is 1.26. The molecule has 0 amide bonds. The fourth-order valence-electron chi connectivity index (χ4n) is 0.802. The number of fused-ring (bicyclic) bond motifs is 1. The lowest BCUT2D eigenvalue weighted by Crippen LogP contribution is -1.81. The lowest BCUT2D eigenvalue weighted by molar-refractivity contribution is 0.445. The largest absolute Gasteiger partial charge is 0.366 e. The van der Waals surface area contributed by atoms with Crippen LogP contribution in [0.2, 0.25) is 0 Å². The van der Waals surface area contributed by atoms with Crippen LogP contribution in [0.25, 0.3) is 11.0 Å². The van der Waals surface area contributed by atoms with Crippen molar-refractivity contribution in [2.45, 2.75) is 0 Å². The Hall–Kier alpha value is -1.58. The summed E-state index contributed by atoms with van der Waals surface area (Å²) in [6, 6.07) is 3.58. The fraction of sp³-hybridized carbons (Fsp3) is 0. The molecule has 2 aromatic heterocycles. The molecule has 0 bridgehead atoms. The van der Waals surface area contributed by atoms with Crippen LogP contribution in [0, 0.1) is 0 Å². The molecule has 10 heavy (non-hydrogen) atoms. The van der Waals surface area contributed by atoms with Crippen LogP contribution in [-0.2, 0) is 0 Å². The molecule has 0 atom stereocenters. The van der Waals surface area contributed by atoms with Crippen LogP contribution in [-0.4, -0.2) is 10.1 Å². The first-order valence-electron chi connectivity index (χ1n) is 2.84. The second-order valence-corrected chi connectivity index (χ2v) is 1.92. The smallest absolute Gasteiger partial charge is 0.248 e. The van der Waals surface area contributed by atoms with Crippen LogP contribution in [0.4, 0.5) is 5.88 Å². The van der Waals surface area contributed by atoms with Crippen molar-refractivity contribution < 1.29 is 4.52 Å². The Balaban J connectivity index is 2.93. The summed E-state index contributed by atoms with van der Waals surface area (Å²) >= 11 is 0. The molecule has 0 aliphatic rings. The van der Waals surface area contributed by atoms with Crippen molar-refractivity contribution in [3.63, 3.8) is 0 Å². The highest BCUT2D eigenvalue weighted by molar-refractivity contribution is 5.82. The zero-order chi connectivity index (χ0) is 6.97. The van der Waals surface area contributed by atoms with E-state index in [1.54, 1.807) is 18.3 Å². The Labute approximate surface area is 56.6 Å².